The summed E-state index contributed by atoms with van der Waals surface area (Å²) in [6.07, 6.45) is -2.23. The molecule has 104 valence electrons. The van der Waals surface area contributed by atoms with E-state index in [1.165, 1.54) is 20.1 Å². The van der Waals surface area contributed by atoms with E-state index in [-0.39, 0.29) is 5.78 Å². The lowest BCUT2D eigenvalue weighted by Crippen LogP contribution is -2.47. The minimum atomic E-state index is -4.39. The van der Waals surface area contributed by atoms with Crippen molar-refractivity contribution in [1.82, 2.24) is 0 Å². The molecule has 2 nitrogen and oxygen atoms in total. The van der Waals surface area contributed by atoms with E-state index < -0.39 is 17.3 Å². The summed E-state index contributed by atoms with van der Waals surface area (Å²) in [6.45, 7) is 1.52. The Kier molecular flexibility index (Phi) is 3.43. The Labute approximate surface area is 109 Å². The number of carbonyl (C=O) groups is 1. The lowest BCUT2D eigenvalue weighted by Gasteiger charge is -2.39. The molecule has 0 atom stereocenters. The van der Waals surface area contributed by atoms with Crippen molar-refractivity contribution in [3.05, 3.63) is 34.9 Å². The van der Waals surface area contributed by atoms with Crippen LogP contribution < -0.4 is 0 Å². The molecule has 0 spiro atoms. The van der Waals surface area contributed by atoms with Crippen molar-refractivity contribution in [2.24, 2.45) is 0 Å². The standard InChI is InChI=1S/C14H15F3O2/c1-9-8-10(14(15,16)17)4-5-11(9)12(18)13(19-2)6-3-7-13/h4-5,8H,3,6-7H2,1-2H3. The van der Waals surface area contributed by atoms with E-state index in [0.29, 0.717) is 24.0 Å². The molecular weight excluding hydrogens is 257 g/mol. The maximum absolute atomic E-state index is 12.6. The Hall–Kier alpha value is -1.36. The van der Waals surface area contributed by atoms with Gasteiger partial charge < -0.3 is 4.74 Å². The zero-order valence-corrected chi connectivity index (χ0v) is 10.8. The Morgan fingerprint density at radius 3 is 2.32 bits per heavy atom. The third-order valence-corrected chi connectivity index (χ3v) is 3.76. The van der Waals surface area contributed by atoms with Gasteiger partial charge in [-0.15, -0.1) is 0 Å². The van der Waals surface area contributed by atoms with Crippen LogP contribution in [-0.2, 0) is 10.9 Å². The first kappa shape index (κ1) is 14.1. The van der Waals surface area contributed by atoms with Crippen LogP contribution in [0.15, 0.2) is 18.2 Å². The highest BCUT2D eigenvalue weighted by atomic mass is 19.4. The van der Waals surface area contributed by atoms with E-state index in [4.69, 9.17) is 4.74 Å². The maximum Gasteiger partial charge on any atom is 0.416 e. The second kappa shape index (κ2) is 4.63. The number of Topliss-reactive ketones (excluding diaryl/α,β-unsaturated/α-hetero) is 1. The Balaban J connectivity index is 2.34. The number of ether oxygens (including phenoxy) is 1. The highest BCUT2D eigenvalue weighted by molar-refractivity contribution is 6.04. The van der Waals surface area contributed by atoms with Crippen LogP contribution in [0, 0.1) is 6.92 Å². The number of ketones is 1. The van der Waals surface area contributed by atoms with E-state index in [1.807, 2.05) is 0 Å². The van der Waals surface area contributed by atoms with Crippen LogP contribution in [0.2, 0.25) is 0 Å². The number of hydrogen-bond donors (Lipinski definition) is 0. The summed E-state index contributed by atoms with van der Waals surface area (Å²) in [6, 6.07) is 3.21. The fraction of sp³-hybridized carbons (Fsp3) is 0.500. The van der Waals surface area contributed by atoms with Gasteiger partial charge in [-0.1, -0.05) is 6.07 Å². The van der Waals surface area contributed by atoms with E-state index in [2.05, 4.69) is 0 Å². The van der Waals surface area contributed by atoms with Gasteiger partial charge in [-0.05, 0) is 43.9 Å². The van der Waals surface area contributed by atoms with Crippen LogP contribution in [0.5, 0.6) is 0 Å². The van der Waals surface area contributed by atoms with Gasteiger partial charge in [0.2, 0.25) is 0 Å². The number of halogens is 3. The highest BCUT2D eigenvalue weighted by Crippen LogP contribution is 2.39. The molecule has 5 heteroatoms. The van der Waals surface area contributed by atoms with Gasteiger partial charge in [0.15, 0.2) is 5.78 Å². The molecule has 1 fully saturated rings. The number of methoxy groups -OCH3 is 1. The van der Waals surface area contributed by atoms with Crippen molar-refractivity contribution in [2.75, 3.05) is 7.11 Å². The minimum Gasteiger partial charge on any atom is -0.370 e. The van der Waals surface area contributed by atoms with Gasteiger partial charge in [0.25, 0.3) is 0 Å². The van der Waals surface area contributed by atoms with Gasteiger partial charge in [0.05, 0.1) is 5.56 Å². The van der Waals surface area contributed by atoms with Crippen LogP contribution in [0.3, 0.4) is 0 Å². The Morgan fingerprint density at radius 2 is 1.95 bits per heavy atom. The summed E-state index contributed by atoms with van der Waals surface area (Å²) in [5.41, 5.74) is -0.913. The quantitative estimate of drug-likeness (QED) is 0.783. The molecule has 0 heterocycles. The molecule has 0 unspecified atom stereocenters. The zero-order valence-electron chi connectivity index (χ0n) is 10.8. The average molecular weight is 272 g/mol. The lowest BCUT2D eigenvalue weighted by atomic mass is 9.74. The summed E-state index contributed by atoms with van der Waals surface area (Å²) < 4.78 is 43.0. The zero-order chi connectivity index (χ0) is 14.3. The van der Waals surface area contributed by atoms with Crippen molar-refractivity contribution in [1.29, 1.82) is 0 Å². The van der Waals surface area contributed by atoms with Crippen molar-refractivity contribution >= 4 is 5.78 Å². The van der Waals surface area contributed by atoms with Crippen molar-refractivity contribution < 1.29 is 22.7 Å². The van der Waals surface area contributed by atoms with E-state index in [0.717, 1.165) is 18.6 Å². The van der Waals surface area contributed by atoms with Gasteiger partial charge in [-0.3, -0.25) is 4.79 Å². The van der Waals surface area contributed by atoms with Crippen LogP contribution >= 0.6 is 0 Å². The molecule has 2 rings (SSSR count). The summed E-state index contributed by atoms with van der Waals surface area (Å²) in [5, 5.41) is 0. The predicted molar refractivity (Wildman–Crippen MR) is 64.1 cm³/mol. The molecule has 0 bridgehead atoms. The van der Waals surface area contributed by atoms with Crippen LogP contribution in [0.25, 0.3) is 0 Å². The molecule has 0 aliphatic heterocycles. The van der Waals surface area contributed by atoms with E-state index >= 15 is 0 Å². The number of hydrogen-bond acceptors (Lipinski definition) is 2. The first-order valence-electron chi connectivity index (χ1n) is 6.08. The second-order valence-electron chi connectivity index (χ2n) is 4.91. The maximum atomic E-state index is 12.6. The molecule has 1 aliphatic rings. The minimum absolute atomic E-state index is 0.215. The number of benzene rings is 1. The number of alkyl halides is 3. The summed E-state index contributed by atoms with van der Waals surface area (Å²) >= 11 is 0. The van der Waals surface area contributed by atoms with Crippen molar-refractivity contribution in [3.63, 3.8) is 0 Å². The fourth-order valence-corrected chi connectivity index (χ4v) is 2.36. The Bertz CT molecular complexity index is 496. The average Bonchev–Trinajstić information content (AvgIpc) is 2.26. The largest absolute Gasteiger partial charge is 0.416 e. The number of rotatable bonds is 3. The molecule has 0 aromatic heterocycles. The normalized spacial score (nSPS) is 17.9. The first-order chi connectivity index (χ1) is 8.80. The van der Waals surface area contributed by atoms with E-state index in [1.54, 1.807) is 0 Å². The van der Waals surface area contributed by atoms with Gasteiger partial charge in [0.1, 0.15) is 5.60 Å². The smallest absolute Gasteiger partial charge is 0.370 e. The molecule has 1 aliphatic carbocycles. The van der Waals surface area contributed by atoms with Crippen LogP contribution in [-0.4, -0.2) is 18.5 Å². The number of carbonyl (C=O) groups excluding carboxylic acids is 1. The summed E-state index contributed by atoms with van der Waals surface area (Å²) in [5.74, 6) is -0.215. The Morgan fingerprint density at radius 1 is 1.32 bits per heavy atom. The lowest BCUT2D eigenvalue weighted by molar-refractivity contribution is -0.137. The predicted octanol–water partition coefficient (Wildman–Crippen LogP) is 3.77. The van der Waals surface area contributed by atoms with E-state index in [9.17, 15) is 18.0 Å². The molecule has 1 aromatic carbocycles. The van der Waals surface area contributed by atoms with Gasteiger partial charge in [-0.25, -0.2) is 0 Å². The second-order valence-corrected chi connectivity index (χ2v) is 4.91. The molecule has 0 saturated heterocycles. The van der Waals surface area contributed by atoms with Crippen molar-refractivity contribution in [3.8, 4) is 0 Å². The van der Waals surface area contributed by atoms with Gasteiger partial charge in [0, 0.05) is 12.7 Å². The van der Waals surface area contributed by atoms with Gasteiger partial charge in [-0.2, -0.15) is 13.2 Å². The summed E-state index contributed by atoms with van der Waals surface area (Å²) in [4.78, 5) is 12.4. The summed E-state index contributed by atoms with van der Waals surface area (Å²) in [7, 11) is 1.47. The molecule has 0 radical (unpaired) electrons. The molecule has 1 aromatic rings. The number of aryl methyl sites for hydroxylation is 1. The molecule has 1 saturated carbocycles. The SMILES string of the molecule is COC1(C(=O)c2ccc(C(F)(F)F)cc2C)CCC1. The molecule has 19 heavy (non-hydrogen) atoms. The third kappa shape index (κ3) is 2.39. The molecular formula is C14H15F3O2. The van der Waals surface area contributed by atoms with Crippen LogP contribution in [0.1, 0.15) is 40.7 Å². The molecule has 0 N–H and O–H groups in total. The topological polar surface area (TPSA) is 26.3 Å². The van der Waals surface area contributed by atoms with Crippen molar-refractivity contribution in [2.45, 2.75) is 38.0 Å². The molecule has 0 amide bonds. The first-order valence-corrected chi connectivity index (χ1v) is 6.08. The highest BCUT2D eigenvalue weighted by Gasteiger charge is 2.45. The van der Waals surface area contributed by atoms with Crippen LogP contribution in [0.4, 0.5) is 13.2 Å². The van der Waals surface area contributed by atoms with Gasteiger partial charge >= 0.3 is 6.18 Å². The monoisotopic (exact) mass is 272 g/mol. The third-order valence-electron chi connectivity index (χ3n) is 3.76. The fourth-order valence-electron chi connectivity index (χ4n) is 2.36.